The van der Waals surface area contributed by atoms with Crippen LogP contribution in [0.25, 0.3) is 0 Å². The van der Waals surface area contributed by atoms with Crippen molar-refractivity contribution in [3.8, 4) is 0 Å². The highest BCUT2D eigenvalue weighted by Gasteiger charge is 2.23. The average molecular weight is 483 g/mol. The summed E-state index contributed by atoms with van der Waals surface area (Å²) in [6.07, 6.45) is 6.40. The predicted molar refractivity (Wildman–Crippen MR) is 132 cm³/mol. The molecule has 0 aromatic carbocycles. The molecule has 10 nitrogen and oxygen atoms in total. The van der Waals surface area contributed by atoms with E-state index in [-0.39, 0.29) is 12.1 Å². The highest BCUT2D eigenvalue weighted by atomic mass is 16.5. The zero-order valence-corrected chi connectivity index (χ0v) is 20.8. The number of morpholine rings is 2. The van der Waals surface area contributed by atoms with Crippen molar-refractivity contribution >= 4 is 12.1 Å². The number of rotatable bonds is 12. The van der Waals surface area contributed by atoms with Crippen LogP contribution in [0, 0.1) is 11.8 Å². The molecule has 0 aromatic heterocycles. The normalized spacial score (nSPS) is 24.4. The van der Waals surface area contributed by atoms with Crippen molar-refractivity contribution < 1.29 is 19.1 Å². The van der Waals surface area contributed by atoms with E-state index in [1.165, 1.54) is 0 Å². The van der Waals surface area contributed by atoms with Crippen molar-refractivity contribution in [3.05, 3.63) is 0 Å². The van der Waals surface area contributed by atoms with Gasteiger partial charge in [-0.15, -0.1) is 0 Å². The predicted octanol–water partition coefficient (Wildman–Crippen LogP) is 0.836. The summed E-state index contributed by atoms with van der Waals surface area (Å²) in [5.74, 6) is 0.965. The van der Waals surface area contributed by atoms with Gasteiger partial charge in [0.15, 0.2) is 0 Å². The second kappa shape index (κ2) is 16.1. The van der Waals surface area contributed by atoms with E-state index in [0.29, 0.717) is 38.0 Å². The topological polar surface area (TPSA) is 107 Å². The van der Waals surface area contributed by atoms with E-state index in [9.17, 15) is 9.59 Å². The lowest BCUT2D eigenvalue weighted by atomic mass is 9.81. The minimum atomic E-state index is -0.0707. The maximum atomic E-state index is 12.1. The van der Waals surface area contributed by atoms with Gasteiger partial charge in [-0.25, -0.2) is 9.59 Å². The molecule has 3 fully saturated rings. The highest BCUT2D eigenvalue weighted by Crippen LogP contribution is 2.28. The third-order valence-electron chi connectivity index (χ3n) is 7.07. The van der Waals surface area contributed by atoms with Gasteiger partial charge in [-0.1, -0.05) is 6.42 Å². The molecule has 0 spiro atoms. The summed E-state index contributed by atoms with van der Waals surface area (Å²) in [4.78, 5) is 29.0. The van der Waals surface area contributed by atoms with Crippen LogP contribution >= 0.6 is 0 Å². The molecule has 4 amide bonds. The van der Waals surface area contributed by atoms with Crippen LogP contribution in [0.3, 0.4) is 0 Å². The van der Waals surface area contributed by atoms with Gasteiger partial charge in [-0.05, 0) is 57.0 Å². The number of hydrogen-bond acceptors (Lipinski definition) is 6. The van der Waals surface area contributed by atoms with Gasteiger partial charge in [0.05, 0.1) is 26.4 Å². The summed E-state index contributed by atoms with van der Waals surface area (Å²) < 4.78 is 10.7. The van der Waals surface area contributed by atoms with Crippen LogP contribution in [-0.2, 0) is 9.47 Å². The number of amides is 4. The van der Waals surface area contributed by atoms with E-state index in [1.54, 1.807) is 0 Å². The summed E-state index contributed by atoms with van der Waals surface area (Å²) in [5, 5.41) is 12.0. The maximum absolute atomic E-state index is 12.1. The Kier molecular flexibility index (Phi) is 12.8. The molecule has 4 N–H and O–H groups in total. The van der Waals surface area contributed by atoms with Gasteiger partial charge in [0.25, 0.3) is 0 Å². The number of carbonyl (C=O) groups excluding carboxylic acids is 2. The van der Waals surface area contributed by atoms with Crippen LogP contribution in [0.1, 0.15) is 38.5 Å². The summed E-state index contributed by atoms with van der Waals surface area (Å²) >= 11 is 0. The molecule has 1 aliphatic carbocycles. The van der Waals surface area contributed by atoms with Crippen molar-refractivity contribution in [1.82, 2.24) is 31.1 Å². The zero-order chi connectivity index (χ0) is 23.8. The van der Waals surface area contributed by atoms with Gasteiger partial charge in [0.1, 0.15) is 0 Å². The molecular weight excluding hydrogens is 436 g/mol. The maximum Gasteiger partial charge on any atom is 0.314 e. The SMILES string of the molecule is O=C(NCCCN1CCOCC1)NC[C@H]1CCC[C@H](CNC(=O)NCCCN2CCOCC2)C1. The van der Waals surface area contributed by atoms with Crippen LogP contribution in [0.2, 0.25) is 0 Å². The first-order chi connectivity index (χ1) is 16.7. The van der Waals surface area contributed by atoms with Crippen molar-refractivity contribution in [2.45, 2.75) is 38.5 Å². The summed E-state index contributed by atoms with van der Waals surface area (Å²) in [5.41, 5.74) is 0. The van der Waals surface area contributed by atoms with Crippen LogP contribution in [-0.4, -0.2) is 114 Å². The molecule has 2 heterocycles. The fourth-order valence-electron chi connectivity index (χ4n) is 5.03. The minimum absolute atomic E-state index is 0.0707. The van der Waals surface area contributed by atoms with Gasteiger partial charge in [0.2, 0.25) is 0 Å². The number of urea groups is 2. The van der Waals surface area contributed by atoms with Gasteiger partial charge in [-0.2, -0.15) is 0 Å². The van der Waals surface area contributed by atoms with Crippen LogP contribution in [0.5, 0.6) is 0 Å². The van der Waals surface area contributed by atoms with E-state index in [2.05, 4.69) is 31.1 Å². The molecule has 2 atom stereocenters. The first-order valence-electron chi connectivity index (χ1n) is 13.3. The molecule has 3 rings (SSSR count). The van der Waals surface area contributed by atoms with Gasteiger partial charge >= 0.3 is 12.1 Å². The Bertz CT molecular complexity index is 536. The minimum Gasteiger partial charge on any atom is -0.379 e. The first kappa shape index (κ1) is 27.0. The first-order valence-corrected chi connectivity index (χ1v) is 13.3. The molecule has 2 aliphatic heterocycles. The summed E-state index contributed by atoms with van der Waals surface area (Å²) in [6, 6.07) is -0.141. The Morgan fingerprint density at radius 2 is 1.12 bits per heavy atom. The third-order valence-corrected chi connectivity index (χ3v) is 7.07. The lowest BCUT2D eigenvalue weighted by molar-refractivity contribution is 0.0375. The molecule has 196 valence electrons. The summed E-state index contributed by atoms with van der Waals surface area (Å²) in [7, 11) is 0. The van der Waals surface area contributed by atoms with E-state index >= 15 is 0 Å². The van der Waals surface area contributed by atoms with Gasteiger partial charge < -0.3 is 30.7 Å². The van der Waals surface area contributed by atoms with E-state index in [1.807, 2.05) is 0 Å². The second-order valence-corrected chi connectivity index (χ2v) is 9.79. The van der Waals surface area contributed by atoms with Gasteiger partial charge in [-0.3, -0.25) is 9.80 Å². The lowest BCUT2D eigenvalue weighted by Gasteiger charge is -2.29. The molecule has 10 heteroatoms. The van der Waals surface area contributed by atoms with Crippen molar-refractivity contribution in [2.75, 3.05) is 91.9 Å². The monoisotopic (exact) mass is 482 g/mol. The third kappa shape index (κ3) is 11.2. The van der Waals surface area contributed by atoms with Gasteiger partial charge in [0, 0.05) is 52.4 Å². The molecule has 0 unspecified atom stereocenters. The Balaban J connectivity index is 1.17. The molecule has 1 saturated carbocycles. The van der Waals surface area contributed by atoms with E-state index < -0.39 is 0 Å². The van der Waals surface area contributed by atoms with Crippen LogP contribution in [0.4, 0.5) is 9.59 Å². The van der Waals surface area contributed by atoms with Crippen molar-refractivity contribution in [1.29, 1.82) is 0 Å². The molecule has 0 aromatic rings. The lowest BCUT2D eigenvalue weighted by Crippen LogP contribution is -2.43. The average Bonchev–Trinajstić information content (AvgIpc) is 2.88. The largest absolute Gasteiger partial charge is 0.379 e. The molecule has 2 saturated heterocycles. The quantitative estimate of drug-likeness (QED) is 0.307. The van der Waals surface area contributed by atoms with Crippen LogP contribution < -0.4 is 21.3 Å². The molecule has 3 aliphatic rings. The summed E-state index contributed by atoms with van der Waals surface area (Å²) in [6.45, 7) is 12.0. The Morgan fingerprint density at radius 3 is 1.56 bits per heavy atom. The number of hydrogen-bond donors (Lipinski definition) is 4. The smallest absolute Gasteiger partial charge is 0.314 e. The van der Waals surface area contributed by atoms with Crippen molar-refractivity contribution in [2.24, 2.45) is 11.8 Å². The number of ether oxygens (including phenoxy) is 2. The Hall–Kier alpha value is -1.62. The molecule has 0 bridgehead atoms. The molecule has 34 heavy (non-hydrogen) atoms. The fourth-order valence-corrected chi connectivity index (χ4v) is 5.03. The number of nitrogens with zero attached hydrogens (tertiary/aromatic N) is 2. The van der Waals surface area contributed by atoms with Crippen molar-refractivity contribution in [3.63, 3.8) is 0 Å². The highest BCUT2D eigenvalue weighted by molar-refractivity contribution is 5.74. The number of carbonyl (C=O) groups is 2. The second-order valence-electron chi connectivity index (χ2n) is 9.79. The molecular formula is C24H46N6O4. The zero-order valence-electron chi connectivity index (χ0n) is 20.8. The fraction of sp³-hybridized carbons (Fsp3) is 0.917. The Morgan fingerprint density at radius 1 is 0.676 bits per heavy atom. The van der Waals surface area contributed by atoms with Crippen LogP contribution in [0.15, 0.2) is 0 Å². The molecule has 0 radical (unpaired) electrons. The van der Waals surface area contributed by atoms with E-state index in [0.717, 1.165) is 104 Å². The standard InChI is InChI=1S/C24H46N6O4/c31-23(25-6-2-8-29-10-14-33-15-11-29)27-19-21-4-1-5-22(18-21)20-28-24(32)26-7-3-9-30-12-16-34-17-13-30/h21-22H,1-20H2,(H2,25,27,31)(H2,26,28,32)/t21-,22-/m0/s1. The number of nitrogens with one attached hydrogen (secondary N) is 4. The van der Waals surface area contributed by atoms with E-state index in [4.69, 9.17) is 9.47 Å². The Labute approximate surface area is 204 Å².